The Morgan fingerprint density at radius 3 is 2.43 bits per heavy atom. The van der Waals surface area contributed by atoms with E-state index in [0.29, 0.717) is 0 Å². The van der Waals surface area contributed by atoms with Gasteiger partial charge in [0.05, 0.1) is 7.11 Å². The highest BCUT2D eigenvalue weighted by molar-refractivity contribution is 5.69. The van der Waals surface area contributed by atoms with Crippen molar-refractivity contribution < 1.29 is 41.0 Å². The second-order valence-electron chi connectivity index (χ2n) is 3.78. The van der Waals surface area contributed by atoms with Crippen LogP contribution in [0.1, 0.15) is 12.0 Å². The molecule has 1 rings (SSSR count). The predicted molar refractivity (Wildman–Crippen MR) is 60.1 cm³/mol. The maximum Gasteiger partial charge on any atom is 0.573 e. The van der Waals surface area contributed by atoms with Crippen LogP contribution < -0.4 is 9.47 Å². The summed E-state index contributed by atoms with van der Waals surface area (Å²) in [4.78, 5) is 11.0. The van der Waals surface area contributed by atoms with Crippen LogP contribution in [0.15, 0.2) is 18.2 Å². The fourth-order valence-corrected chi connectivity index (χ4v) is 1.45. The zero-order chi connectivity index (χ0) is 16.0. The van der Waals surface area contributed by atoms with Crippen LogP contribution >= 0.6 is 0 Å². The Morgan fingerprint density at radius 1 is 1.24 bits per heavy atom. The molecule has 0 aliphatic heterocycles. The Kier molecular flexibility index (Phi) is 5.74. The molecule has 21 heavy (non-hydrogen) atoms. The summed E-state index contributed by atoms with van der Waals surface area (Å²) in [6.45, 7) is -3.29. The molecule has 0 saturated heterocycles. The van der Waals surface area contributed by atoms with Crippen molar-refractivity contribution in [2.45, 2.75) is 25.8 Å². The summed E-state index contributed by atoms with van der Waals surface area (Å²) in [5.74, 6) is -2.20. The summed E-state index contributed by atoms with van der Waals surface area (Å²) >= 11 is 0. The molecule has 1 aromatic rings. The first-order valence-corrected chi connectivity index (χ1v) is 5.61. The van der Waals surface area contributed by atoms with Gasteiger partial charge in [-0.2, -0.15) is 8.78 Å². The third-order valence-corrected chi connectivity index (χ3v) is 2.30. The molecule has 0 spiro atoms. The largest absolute Gasteiger partial charge is 0.573 e. The average molecular weight is 314 g/mol. The van der Waals surface area contributed by atoms with Crippen molar-refractivity contribution in [1.29, 1.82) is 0 Å². The van der Waals surface area contributed by atoms with Crippen molar-refractivity contribution in [2.75, 3.05) is 7.11 Å². The van der Waals surface area contributed by atoms with E-state index >= 15 is 0 Å². The molecule has 0 N–H and O–H groups in total. The molecular formula is C12H11F5O4. The minimum atomic E-state index is -5.05. The molecule has 0 atom stereocenters. The highest BCUT2D eigenvalue weighted by atomic mass is 19.4. The van der Waals surface area contributed by atoms with Gasteiger partial charge < -0.3 is 14.2 Å². The summed E-state index contributed by atoms with van der Waals surface area (Å²) in [5.41, 5.74) is 0.279. The van der Waals surface area contributed by atoms with Gasteiger partial charge in [-0.15, -0.1) is 13.2 Å². The van der Waals surface area contributed by atoms with Crippen LogP contribution in [0, 0.1) is 0 Å². The van der Waals surface area contributed by atoms with Crippen molar-refractivity contribution >= 4 is 5.97 Å². The van der Waals surface area contributed by atoms with E-state index in [4.69, 9.17) is 0 Å². The van der Waals surface area contributed by atoms with Gasteiger partial charge in [0.25, 0.3) is 0 Å². The molecule has 0 aliphatic carbocycles. The van der Waals surface area contributed by atoms with Crippen molar-refractivity contribution in [3.05, 3.63) is 23.8 Å². The molecule has 0 radical (unpaired) electrons. The van der Waals surface area contributed by atoms with E-state index in [1.807, 2.05) is 0 Å². The maximum absolute atomic E-state index is 12.2. The summed E-state index contributed by atoms with van der Waals surface area (Å²) in [7, 11) is 1.17. The smallest absolute Gasteiger partial charge is 0.469 e. The minimum Gasteiger partial charge on any atom is -0.469 e. The first kappa shape index (κ1) is 17.0. The molecule has 118 valence electrons. The topological polar surface area (TPSA) is 44.8 Å². The lowest BCUT2D eigenvalue weighted by Crippen LogP contribution is -2.18. The molecular weight excluding hydrogens is 303 g/mol. The normalized spacial score (nSPS) is 11.4. The van der Waals surface area contributed by atoms with E-state index < -0.39 is 30.4 Å². The molecule has 0 heterocycles. The van der Waals surface area contributed by atoms with Crippen LogP contribution in [0.3, 0.4) is 0 Å². The third-order valence-electron chi connectivity index (χ3n) is 2.30. The van der Waals surface area contributed by atoms with Crippen LogP contribution in [0.2, 0.25) is 0 Å². The van der Waals surface area contributed by atoms with Crippen LogP contribution in [0.5, 0.6) is 11.5 Å². The van der Waals surface area contributed by atoms with Gasteiger partial charge in [0.2, 0.25) is 0 Å². The standard InChI is InChI=1S/C12H11F5O4/c1-19-10(18)5-3-7-2-4-8(20-11(13)14)9(6-7)21-12(15,16)17/h2,4,6,11H,3,5H2,1H3. The lowest BCUT2D eigenvalue weighted by Gasteiger charge is -2.14. The number of aryl methyl sites for hydroxylation is 1. The summed E-state index contributed by atoms with van der Waals surface area (Å²) in [6.07, 6.45) is -5.06. The number of esters is 1. The molecule has 9 heteroatoms. The lowest BCUT2D eigenvalue weighted by atomic mass is 10.1. The number of methoxy groups -OCH3 is 1. The van der Waals surface area contributed by atoms with Crippen LogP contribution in [0.4, 0.5) is 22.0 Å². The van der Waals surface area contributed by atoms with Gasteiger partial charge in [-0.1, -0.05) is 6.07 Å². The van der Waals surface area contributed by atoms with E-state index in [2.05, 4.69) is 14.2 Å². The van der Waals surface area contributed by atoms with Gasteiger partial charge in [0, 0.05) is 6.42 Å². The summed E-state index contributed by atoms with van der Waals surface area (Å²) in [6, 6.07) is 3.05. The van der Waals surface area contributed by atoms with E-state index in [1.54, 1.807) is 0 Å². The second kappa shape index (κ2) is 7.09. The quantitative estimate of drug-likeness (QED) is 0.597. The van der Waals surface area contributed by atoms with E-state index in [-0.39, 0.29) is 18.4 Å². The van der Waals surface area contributed by atoms with E-state index in [1.165, 1.54) is 13.2 Å². The number of hydrogen-bond donors (Lipinski definition) is 0. The predicted octanol–water partition coefficient (Wildman–Crippen LogP) is 3.29. The van der Waals surface area contributed by atoms with Gasteiger partial charge in [0.15, 0.2) is 11.5 Å². The number of halogens is 5. The van der Waals surface area contributed by atoms with Crippen LogP contribution in [-0.4, -0.2) is 26.1 Å². The molecule has 4 nitrogen and oxygen atoms in total. The van der Waals surface area contributed by atoms with E-state index in [9.17, 15) is 26.7 Å². The molecule has 1 aromatic carbocycles. The number of benzene rings is 1. The Hall–Kier alpha value is -2.06. The fraction of sp³-hybridized carbons (Fsp3) is 0.417. The summed E-state index contributed by atoms with van der Waals surface area (Å²) in [5, 5.41) is 0. The Labute approximate surface area is 116 Å². The SMILES string of the molecule is COC(=O)CCc1ccc(OC(F)F)c(OC(F)(F)F)c1. The average Bonchev–Trinajstić information content (AvgIpc) is 2.36. The third kappa shape index (κ3) is 6.28. The zero-order valence-corrected chi connectivity index (χ0v) is 10.7. The fourth-order valence-electron chi connectivity index (χ4n) is 1.45. The van der Waals surface area contributed by atoms with Gasteiger partial charge >= 0.3 is 18.9 Å². The Morgan fingerprint density at radius 2 is 1.90 bits per heavy atom. The second-order valence-corrected chi connectivity index (χ2v) is 3.78. The number of ether oxygens (including phenoxy) is 3. The zero-order valence-electron chi connectivity index (χ0n) is 10.7. The molecule has 0 aromatic heterocycles. The number of alkyl halides is 5. The maximum atomic E-state index is 12.2. The van der Waals surface area contributed by atoms with Crippen LogP contribution in [-0.2, 0) is 16.0 Å². The Bertz CT molecular complexity index is 487. The first-order valence-electron chi connectivity index (χ1n) is 5.61. The molecule has 0 fully saturated rings. The molecule has 0 bridgehead atoms. The van der Waals surface area contributed by atoms with Gasteiger partial charge in [-0.25, -0.2) is 0 Å². The lowest BCUT2D eigenvalue weighted by molar-refractivity contribution is -0.275. The monoisotopic (exact) mass is 314 g/mol. The van der Waals surface area contributed by atoms with Crippen molar-refractivity contribution in [2.24, 2.45) is 0 Å². The first-order chi connectivity index (χ1) is 9.71. The molecule has 0 aliphatic rings. The number of rotatable bonds is 6. The van der Waals surface area contributed by atoms with Crippen LogP contribution in [0.25, 0.3) is 0 Å². The highest BCUT2D eigenvalue weighted by Gasteiger charge is 2.33. The number of hydrogen-bond acceptors (Lipinski definition) is 4. The number of carbonyl (C=O) groups is 1. The number of carbonyl (C=O) groups excluding carboxylic acids is 1. The summed E-state index contributed by atoms with van der Waals surface area (Å²) < 4.78 is 72.8. The Balaban J connectivity index is 2.94. The van der Waals surface area contributed by atoms with Crippen molar-refractivity contribution in [1.82, 2.24) is 0 Å². The van der Waals surface area contributed by atoms with Crippen molar-refractivity contribution in [3.8, 4) is 11.5 Å². The molecule has 0 saturated carbocycles. The van der Waals surface area contributed by atoms with E-state index in [0.717, 1.165) is 12.1 Å². The van der Waals surface area contributed by atoms with Crippen molar-refractivity contribution in [3.63, 3.8) is 0 Å². The van der Waals surface area contributed by atoms with Gasteiger partial charge in [-0.3, -0.25) is 4.79 Å². The molecule has 0 amide bonds. The highest BCUT2D eigenvalue weighted by Crippen LogP contribution is 2.34. The minimum absolute atomic E-state index is 0.0653. The van der Waals surface area contributed by atoms with Gasteiger partial charge in [-0.05, 0) is 24.1 Å². The van der Waals surface area contributed by atoms with Gasteiger partial charge in [0.1, 0.15) is 0 Å². The molecule has 0 unspecified atom stereocenters.